The van der Waals surface area contributed by atoms with E-state index >= 15 is 0 Å². The van der Waals surface area contributed by atoms with Crippen molar-refractivity contribution in [3.8, 4) is 0 Å². The molecule has 130 valence electrons. The minimum atomic E-state index is -5.06. The molecule has 5 nitrogen and oxygen atoms in total. The third kappa shape index (κ3) is 2.93. The summed E-state index contributed by atoms with van der Waals surface area (Å²) >= 11 is 0. The van der Waals surface area contributed by atoms with Crippen LogP contribution in [-0.4, -0.2) is 40.8 Å². The summed E-state index contributed by atoms with van der Waals surface area (Å²) in [6.45, 7) is 0.439. The van der Waals surface area contributed by atoms with E-state index in [1.165, 1.54) is 0 Å². The second-order valence-corrected chi connectivity index (χ2v) is 7.21. The number of halogens is 3. The van der Waals surface area contributed by atoms with E-state index in [2.05, 4.69) is 10.6 Å². The van der Waals surface area contributed by atoms with Crippen molar-refractivity contribution in [3.05, 3.63) is 0 Å². The molecule has 5 atom stereocenters. The molecule has 3 aliphatic carbocycles. The molecule has 3 fully saturated rings. The number of carbonyl (C=O) groups excluding carboxylic acids is 2. The largest absolute Gasteiger partial charge is 0.426 e. The number of hydrogen-bond donors (Lipinski definition) is 3. The fourth-order valence-electron chi connectivity index (χ4n) is 3.82. The molecule has 0 radical (unpaired) electrons. The summed E-state index contributed by atoms with van der Waals surface area (Å²) in [5.74, 6) is -2.06. The molecule has 0 aromatic rings. The minimum absolute atomic E-state index is 0.00272. The molecule has 0 heterocycles. The van der Waals surface area contributed by atoms with Gasteiger partial charge in [0.15, 0.2) is 0 Å². The van der Waals surface area contributed by atoms with Gasteiger partial charge in [0.2, 0.25) is 11.5 Å². The van der Waals surface area contributed by atoms with Crippen LogP contribution in [0, 0.1) is 17.8 Å². The van der Waals surface area contributed by atoms with Crippen LogP contribution < -0.4 is 10.6 Å². The van der Waals surface area contributed by atoms with Gasteiger partial charge < -0.3 is 15.7 Å². The molecule has 2 bridgehead atoms. The molecular formula is C15H21F3N2O3. The van der Waals surface area contributed by atoms with Crippen LogP contribution in [0.1, 0.15) is 39.0 Å². The van der Waals surface area contributed by atoms with Gasteiger partial charge in [0.1, 0.15) is 0 Å². The normalized spacial score (nSPS) is 35.7. The predicted octanol–water partition coefficient (Wildman–Crippen LogP) is 1.11. The van der Waals surface area contributed by atoms with E-state index < -0.39 is 29.6 Å². The van der Waals surface area contributed by atoms with E-state index in [9.17, 15) is 27.9 Å². The van der Waals surface area contributed by atoms with Crippen molar-refractivity contribution < 1.29 is 27.9 Å². The Kier molecular flexibility index (Phi) is 3.85. The average molecular weight is 334 g/mol. The van der Waals surface area contributed by atoms with Gasteiger partial charge in [-0.25, -0.2) is 0 Å². The molecule has 0 aromatic carbocycles. The zero-order valence-electron chi connectivity index (χ0n) is 12.8. The van der Waals surface area contributed by atoms with E-state index in [1.54, 1.807) is 0 Å². The molecule has 3 N–H and O–H groups in total. The number of amides is 2. The molecule has 8 heteroatoms. The van der Waals surface area contributed by atoms with Gasteiger partial charge in [-0.05, 0) is 50.9 Å². The lowest BCUT2D eigenvalue weighted by atomic mass is 9.83. The van der Waals surface area contributed by atoms with Crippen LogP contribution in [0.15, 0.2) is 0 Å². The van der Waals surface area contributed by atoms with Crippen molar-refractivity contribution in [3.63, 3.8) is 0 Å². The van der Waals surface area contributed by atoms with Crippen molar-refractivity contribution in [1.29, 1.82) is 0 Å². The van der Waals surface area contributed by atoms with Gasteiger partial charge in [0.25, 0.3) is 5.91 Å². The number of rotatable bonds is 4. The maximum absolute atomic E-state index is 12.8. The number of fused-ring (bicyclic) bond motifs is 2. The molecule has 0 spiro atoms. The molecule has 0 aliphatic heterocycles. The molecule has 1 unspecified atom stereocenters. The highest BCUT2D eigenvalue weighted by Gasteiger charge is 2.58. The predicted molar refractivity (Wildman–Crippen MR) is 74.1 cm³/mol. The van der Waals surface area contributed by atoms with E-state index in [4.69, 9.17) is 0 Å². The third-order valence-electron chi connectivity index (χ3n) is 5.43. The van der Waals surface area contributed by atoms with Crippen LogP contribution in [-0.2, 0) is 9.59 Å². The molecule has 0 aromatic heterocycles. The van der Waals surface area contributed by atoms with Crippen LogP contribution in [0.4, 0.5) is 13.2 Å². The first-order valence-corrected chi connectivity index (χ1v) is 8.01. The summed E-state index contributed by atoms with van der Waals surface area (Å²) in [5.41, 5.74) is -3.45. The highest BCUT2D eigenvalue weighted by Crippen LogP contribution is 2.49. The van der Waals surface area contributed by atoms with Gasteiger partial charge in [-0.15, -0.1) is 0 Å². The second kappa shape index (κ2) is 5.36. The maximum atomic E-state index is 12.8. The Morgan fingerprint density at radius 2 is 1.65 bits per heavy atom. The number of carbonyl (C=O) groups is 2. The van der Waals surface area contributed by atoms with Crippen molar-refractivity contribution >= 4 is 11.8 Å². The van der Waals surface area contributed by atoms with Crippen molar-refractivity contribution in [2.75, 3.05) is 0 Å². The smallest absolute Gasteiger partial charge is 0.373 e. The van der Waals surface area contributed by atoms with Crippen LogP contribution >= 0.6 is 0 Å². The summed E-state index contributed by atoms with van der Waals surface area (Å²) in [4.78, 5) is 24.3. The highest BCUT2D eigenvalue weighted by atomic mass is 19.4. The van der Waals surface area contributed by atoms with E-state index in [0.717, 1.165) is 32.1 Å². The lowest BCUT2D eigenvalue weighted by Gasteiger charge is -2.34. The summed E-state index contributed by atoms with van der Waals surface area (Å²) in [5, 5.41) is 14.7. The second-order valence-electron chi connectivity index (χ2n) is 7.21. The topological polar surface area (TPSA) is 78.4 Å². The first-order valence-electron chi connectivity index (χ1n) is 8.01. The number of alkyl halides is 3. The molecular weight excluding hydrogens is 313 g/mol. The Morgan fingerprint density at radius 1 is 1.04 bits per heavy atom. The summed E-state index contributed by atoms with van der Waals surface area (Å²) in [6, 6.07) is -0.468. The van der Waals surface area contributed by atoms with Gasteiger partial charge in [0.05, 0.1) is 5.92 Å². The summed E-state index contributed by atoms with van der Waals surface area (Å²) in [7, 11) is 0. The molecule has 3 rings (SSSR count). The summed E-state index contributed by atoms with van der Waals surface area (Å²) in [6.07, 6.45) is -0.826. The van der Waals surface area contributed by atoms with Crippen LogP contribution in [0.5, 0.6) is 0 Å². The zero-order valence-corrected chi connectivity index (χ0v) is 12.8. The number of nitrogens with one attached hydrogen (secondary N) is 2. The van der Waals surface area contributed by atoms with E-state index in [-0.39, 0.29) is 23.8 Å². The van der Waals surface area contributed by atoms with Gasteiger partial charge in [0, 0.05) is 12.1 Å². The SMILES string of the molecule is CC(O)(C(=O)N[C@H]1[C@@H]2CC[C@@H](C2)[C@H]1C(=O)NC1CC1)C(F)(F)F. The Labute approximate surface area is 132 Å². The molecule has 3 aliphatic rings. The lowest BCUT2D eigenvalue weighted by Crippen LogP contribution is -2.60. The van der Waals surface area contributed by atoms with Crippen molar-refractivity contribution in [2.24, 2.45) is 17.8 Å². The Balaban J connectivity index is 1.72. The van der Waals surface area contributed by atoms with Crippen LogP contribution in [0.2, 0.25) is 0 Å². The molecule has 23 heavy (non-hydrogen) atoms. The van der Waals surface area contributed by atoms with Gasteiger partial charge in [-0.2, -0.15) is 13.2 Å². The number of aliphatic hydroxyl groups is 1. The average Bonchev–Trinajstić information content (AvgIpc) is 3.02. The first kappa shape index (κ1) is 16.5. The maximum Gasteiger partial charge on any atom is 0.426 e. The van der Waals surface area contributed by atoms with Gasteiger partial charge in [-0.3, -0.25) is 9.59 Å². The highest BCUT2D eigenvalue weighted by molar-refractivity contribution is 5.87. The molecule has 3 saturated carbocycles. The first-order chi connectivity index (χ1) is 10.6. The molecule has 2 amide bonds. The number of hydrogen-bond acceptors (Lipinski definition) is 3. The van der Waals surface area contributed by atoms with Gasteiger partial charge in [-0.1, -0.05) is 0 Å². The third-order valence-corrected chi connectivity index (χ3v) is 5.43. The van der Waals surface area contributed by atoms with Crippen LogP contribution in [0.3, 0.4) is 0 Å². The Morgan fingerprint density at radius 3 is 2.22 bits per heavy atom. The summed E-state index contributed by atoms with van der Waals surface area (Å²) < 4.78 is 38.4. The lowest BCUT2D eigenvalue weighted by molar-refractivity contribution is -0.245. The van der Waals surface area contributed by atoms with E-state index in [0.29, 0.717) is 6.92 Å². The molecule has 0 saturated heterocycles. The minimum Gasteiger partial charge on any atom is -0.373 e. The van der Waals surface area contributed by atoms with Crippen molar-refractivity contribution in [2.45, 2.75) is 62.9 Å². The van der Waals surface area contributed by atoms with Crippen molar-refractivity contribution in [1.82, 2.24) is 10.6 Å². The fourth-order valence-corrected chi connectivity index (χ4v) is 3.82. The van der Waals surface area contributed by atoms with Crippen LogP contribution in [0.25, 0.3) is 0 Å². The quantitative estimate of drug-likeness (QED) is 0.721. The Hall–Kier alpha value is -1.31. The van der Waals surface area contributed by atoms with E-state index in [1.807, 2.05) is 0 Å². The van der Waals surface area contributed by atoms with Gasteiger partial charge >= 0.3 is 6.18 Å². The Bertz CT molecular complexity index is 517. The monoisotopic (exact) mass is 334 g/mol. The standard InChI is InChI=1S/C15H21F3N2O3/c1-14(23,15(16,17)18)13(22)20-11-8-3-2-7(6-8)10(11)12(21)19-9-4-5-9/h7-11,23H,2-6H2,1H3,(H,19,21)(H,20,22)/t7-,8+,10+,11-,14?/m0/s1. The zero-order chi connectivity index (χ0) is 17.0. The fraction of sp³-hybridized carbons (Fsp3) is 0.867.